The minimum atomic E-state index is -4.45. The Morgan fingerprint density at radius 3 is 2.41 bits per heavy atom. The first-order valence-corrected chi connectivity index (χ1v) is 10.2. The molecule has 0 aromatic heterocycles. The number of alkyl halides is 3. The minimum Gasteiger partial charge on any atom is -0.356 e. The SMILES string of the molecule is CC(C)CCNC(=O)[C@@H]1CN(C(=O)CC(C)C)C[C@@H]1c1cccc(C(F)(F)F)c1. The Labute approximate surface area is 170 Å². The molecule has 0 unspecified atom stereocenters. The molecule has 2 amide bonds. The fourth-order valence-electron chi connectivity index (χ4n) is 3.65. The average molecular weight is 412 g/mol. The van der Waals surface area contributed by atoms with Crippen LogP contribution in [0.5, 0.6) is 0 Å². The summed E-state index contributed by atoms with van der Waals surface area (Å²) in [6.07, 6.45) is -3.27. The summed E-state index contributed by atoms with van der Waals surface area (Å²) in [5, 5.41) is 2.90. The van der Waals surface area contributed by atoms with Crippen molar-refractivity contribution in [2.45, 2.75) is 52.6 Å². The number of nitrogens with one attached hydrogen (secondary N) is 1. The van der Waals surface area contributed by atoms with E-state index >= 15 is 0 Å². The van der Waals surface area contributed by atoms with Gasteiger partial charge in [0.2, 0.25) is 11.8 Å². The van der Waals surface area contributed by atoms with Crippen molar-refractivity contribution in [2.24, 2.45) is 17.8 Å². The summed E-state index contributed by atoms with van der Waals surface area (Å²) in [5.41, 5.74) is -0.287. The molecule has 2 rings (SSSR count). The Hall–Kier alpha value is -2.05. The first kappa shape index (κ1) is 23.2. The molecule has 1 aromatic rings. The van der Waals surface area contributed by atoms with Crippen LogP contribution in [0.1, 0.15) is 57.6 Å². The summed E-state index contributed by atoms with van der Waals surface area (Å²) in [7, 11) is 0. The third-order valence-corrected chi connectivity index (χ3v) is 5.26. The molecule has 2 atom stereocenters. The highest BCUT2D eigenvalue weighted by Crippen LogP contribution is 2.37. The van der Waals surface area contributed by atoms with Crippen LogP contribution in [0.4, 0.5) is 13.2 Å². The molecule has 1 aliphatic heterocycles. The molecule has 1 aromatic carbocycles. The third kappa shape index (κ3) is 6.47. The van der Waals surface area contributed by atoms with Crippen LogP contribution in [0.25, 0.3) is 0 Å². The van der Waals surface area contributed by atoms with Gasteiger partial charge in [0, 0.05) is 32.0 Å². The summed E-state index contributed by atoms with van der Waals surface area (Å²) in [6, 6.07) is 5.11. The Bertz CT molecular complexity index is 716. The molecule has 0 radical (unpaired) electrons. The van der Waals surface area contributed by atoms with Gasteiger partial charge in [0.15, 0.2) is 0 Å². The molecule has 1 heterocycles. The zero-order valence-electron chi connectivity index (χ0n) is 17.6. The first-order valence-electron chi connectivity index (χ1n) is 10.2. The average Bonchev–Trinajstić information content (AvgIpc) is 3.06. The lowest BCUT2D eigenvalue weighted by molar-refractivity contribution is -0.137. The first-order chi connectivity index (χ1) is 13.5. The van der Waals surface area contributed by atoms with E-state index in [-0.39, 0.29) is 30.8 Å². The molecule has 4 nitrogen and oxygen atoms in total. The monoisotopic (exact) mass is 412 g/mol. The maximum atomic E-state index is 13.2. The topological polar surface area (TPSA) is 49.4 Å². The van der Waals surface area contributed by atoms with Crippen LogP contribution in [0, 0.1) is 17.8 Å². The lowest BCUT2D eigenvalue weighted by atomic mass is 9.87. The predicted octanol–water partition coefficient (Wildman–Crippen LogP) is 4.46. The van der Waals surface area contributed by atoms with Crippen molar-refractivity contribution in [1.82, 2.24) is 10.2 Å². The summed E-state index contributed by atoms with van der Waals surface area (Å²) < 4.78 is 39.5. The lowest BCUT2D eigenvalue weighted by Gasteiger charge is -2.19. The molecule has 0 bridgehead atoms. The van der Waals surface area contributed by atoms with Gasteiger partial charge in [-0.3, -0.25) is 9.59 Å². The van der Waals surface area contributed by atoms with E-state index in [4.69, 9.17) is 0 Å². The summed E-state index contributed by atoms with van der Waals surface area (Å²) in [6.45, 7) is 9.00. The van der Waals surface area contributed by atoms with E-state index in [1.807, 2.05) is 13.8 Å². The van der Waals surface area contributed by atoms with Gasteiger partial charge in [-0.1, -0.05) is 45.9 Å². The molecular formula is C22H31F3N2O2. The van der Waals surface area contributed by atoms with Crippen molar-refractivity contribution in [3.05, 3.63) is 35.4 Å². The fourth-order valence-corrected chi connectivity index (χ4v) is 3.65. The van der Waals surface area contributed by atoms with Gasteiger partial charge in [0.1, 0.15) is 0 Å². The van der Waals surface area contributed by atoms with Gasteiger partial charge in [-0.25, -0.2) is 0 Å². The van der Waals surface area contributed by atoms with Crippen LogP contribution in [0.3, 0.4) is 0 Å². The number of halogens is 3. The molecular weight excluding hydrogens is 381 g/mol. The van der Waals surface area contributed by atoms with Crippen LogP contribution in [-0.2, 0) is 15.8 Å². The van der Waals surface area contributed by atoms with E-state index in [0.29, 0.717) is 24.4 Å². The van der Waals surface area contributed by atoms with E-state index in [9.17, 15) is 22.8 Å². The number of hydrogen-bond acceptors (Lipinski definition) is 2. The summed E-state index contributed by atoms with van der Waals surface area (Å²) in [4.78, 5) is 27.0. The zero-order valence-corrected chi connectivity index (χ0v) is 17.6. The van der Waals surface area contributed by atoms with Gasteiger partial charge >= 0.3 is 6.18 Å². The maximum absolute atomic E-state index is 13.2. The van der Waals surface area contributed by atoms with Crippen molar-refractivity contribution in [2.75, 3.05) is 19.6 Å². The quantitative estimate of drug-likeness (QED) is 0.719. The van der Waals surface area contributed by atoms with Crippen molar-refractivity contribution in [3.8, 4) is 0 Å². The van der Waals surface area contributed by atoms with E-state index in [1.54, 1.807) is 11.0 Å². The Balaban J connectivity index is 2.25. The van der Waals surface area contributed by atoms with E-state index in [0.717, 1.165) is 18.6 Å². The number of rotatable bonds is 7. The number of carbonyl (C=O) groups is 2. The van der Waals surface area contributed by atoms with Crippen LogP contribution < -0.4 is 5.32 Å². The van der Waals surface area contributed by atoms with Gasteiger partial charge in [0.05, 0.1) is 11.5 Å². The largest absolute Gasteiger partial charge is 0.416 e. The predicted molar refractivity (Wildman–Crippen MR) is 106 cm³/mol. The molecule has 1 N–H and O–H groups in total. The number of likely N-dealkylation sites (tertiary alicyclic amines) is 1. The fraction of sp³-hybridized carbons (Fsp3) is 0.636. The highest BCUT2D eigenvalue weighted by molar-refractivity contribution is 5.83. The molecule has 0 aliphatic carbocycles. The van der Waals surface area contributed by atoms with Gasteiger partial charge in [0.25, 0.3) is 0 Å². The van der Waals surface area contributed by atoms with Crippen molar-refractivity contribution in [3.63, 3.8) is 0 Å². The van der Waals surface area contributed by atoms with Crippen LogP contribution in [0.15, 0.2) is 24.3 Å². The van der Waals surface area contributed by atoms with Crippen molar-refractivity contribution >= 4 is 11.8 Å². The number of amides is 2. The maximum Gasteiger partial charge on any atom is 0.416 e. The molecule has 29 heavy (non-hydrogen) atoms. The standard InChI is InChI=1S/C22H31F3N2O2/c1-14(2)8-9-26-21(29)19-13-27(20(28)10-15(3)4)12-18(19)16-6-5-7-17(11-16)22(23,24)25/h5-7,11,14-15,18-19H,8-10,12-13H2,1-4H3,(H,26,29)/t18-,19-/m1/s1. The number of hydrogen-bond donors (Lipinski definition) is 1. The molecule has 7 heteroatoms. The molecule has 1 fully saturated rings. The minimum absolute atomic E-state index is 0.0607. The van der Waals surface area contributed by atoms with Crippen molar-refractivity contribution in [1.29, 1.82) is 0 Å². The smallest absolute Gasteiger partial charge is 0.356 e. The van der Waals surface area contributed by atoms with Crippen LogP contribution in [-0.4, -0.2) is 36.3 Å². The molecule has 0 spiro atoms. The highest BCUT2D eigenvalue weighted by atomic mass is 19.4. The molecule has 1 aliphatic rings. The zero-order chi connectivity index (χ0) is 21.8. The Morgan fingerprint density at radius 1 is 1.14 bits per heavy atom. The molecule has 162 valence electrons. The second kappa shape index (κ2) is 9.63. The summed E-state index contributed by atoms with van der Waals surface area (Å²) in [5.74, 6) is -0.660. The molecule has 1 saturated heterocycles. The number of benzene rings is 1. The number of nitrogens with zero attached hydrogens (tertiary/aromatic N) is 1. The van der Waals surface area contributed by atoms with Crippen molar-refractivity contribution < 1.29 is 22.8 Å². The van der Waals surface area contributed by atoms with Gasteiger partial charge < -0.3 is 10.2 Å². The Kier molecular flexibility index (Phi) is 7.72. The Morgan fingerprint density at radius 2 is 1.83 bits per heavy atom. The van der Waals surface area contributed by atoms with Gasteiger partial charge in [-0.2, -0.15) is 13.2 Å². The second-order valence-electron chi connectivity index (χ2n) is 8.71. The lowest BCUT2D eigenvalue weighted by Crippen LogP contribution is -2.36. The third-order valence-electron chi connectivity index (χ3n) is 5.26. The van der Waals surface area contributed by atoms with E-state index in [2.05, 4.69) is 19.2 Å². The van der Waals surface area contributed by atoms with E-state index in [1.165, 1.54) is 6.07 Å². The van der Waals surface area contributed by atoms with Crippen LogP contribution in [0.2, 0.25) is 0 Å². The second-order valence-corrected chi connectivity index (χ2v) is 8.71. The highest BCUT2D eigenvalue weighted by Gasteiger charge is 2.41. The molecule has 0 saturated carbocycles. The number of carbonyl (C=O) groups excluding carboxylic acids is 2. The normalized spacial score (nSPS) is 19.8. The van der Waals surface area contributed by atoms with Gasteiger partial charge in [-0.05, 0) is 29.9 Å². The van der Waals surface area contributed by atoms with Crippen LogP contribution >= 0.6 is 0 Å². The van der Waals surface area contributed by atoms with E-state index < -0.39 is 23.6 Å². The summed E-state index contributed by atoms with van der Waals surface area (Å²) >= 11 is 0. The van der Waals surface area contributed by atoms with Gasteiger partial charge in [-0.15, -0.1) is 0 Å².